The molecule has 1 N–H and O–H groups in total. The van der Waals surface area contributed by atoms with E-state index in [9.17, 15) is 4.39 Å². The number of halogens is 1. The minimum atomic E-state index is -0.403. The van der Waals surface area contributed by atoms with Crippen LogP contribution >= 0.6 is 0 Å². The molecule has 1 aliphatic heterocycles. The van der Waals surface area contributed by atoms with Crippen molar-refractivity contribution in [2.24, 2.45) is 5.92 Å². The zero-order valence-corrected chi connectivity index (χ0v) is 10.3. The lowest BCUT2D eigenvalue weighted by Crippen LogP contribution is -2.27. The Kier molecular flexibility index (Phi) is 4.68. The first kappa shape index (κ1) is 13.0. The Hall–Kier alpha value is -1.44. The van der Waals surface area contributed by atoms with Crippen LogP contribution in [0.15, 0.2) is 18.2 Å². The van der Waals surface area contributed by atoms with E-state index >= 15 is 0 Å². The van der Waals surface area contributed by atoms with Gasteiger partial charge in [0.05, 0.1) is 5.56 Å². The third-order valence-corrected chi connectivity index (χ3v) is 3.29. The minimum absolute atomic E-state index is 0.111. The molecule has 0 saturated carbocycles. The molecule has 0 bridgehead atoms. The summed E-state index contributed by atoms with van der Waals surface area (Å²) in [5, 5.41) is 12.0. The van der Waals surface area contributed by atoms with E-state index in [4.69, 9.17) is 10.00 Å². The Morgan fingerprint density at radius 2 is 2.17 bits per heavy atom. The highest BCUT2D eigenvalue weighted by atomic mass is 19.1. The summed E-state index contributed by atoms with van der Waals surface area (Å²) in [6, 6.07) is 6.78. The van der Waals surface area contributed by atoms with Gasteiger partial charge in [-0.25, -0.2) is 4.39 Å². The van der Waals surface area contributed by atoms with Crippen LogP contribution in [-0.4, -0.2) is 19.8 Å². The zero-order valence-electron chi connectivity index (χ0n) is 10.3. The third kappa shape index (κ3) is 3.28. The van der Waals surface area contributed by atoms with E-state index in [2.05, 4.69) is 5.32 Å². The Morgan fingerprint density at radius 1 is 1.39 bits per heavy atom. The Labute approximate surface area is 107 Å². The van der Waals surface area contributed by atoms with Crippen LogP contribution in [0.3, 0.4) is 0 Å². The predicted molar refractivity (Wildman–Crippen MR) is 66.4 cm³/mol. The first-order valence-electron chi connectivity index (χ1n) is 6.27. The number of nitrogens with zero attached hydrogens (tertiary/aromatic N) is 1. The number of rotatable bonds is 4. The maximum Gasteiger partial charge on any atom is 0.145 e. The lowest BCUT2D eigenvalue weighted by Gasteiger charge is -2.22. The summed E-state index contributed by atoms with van der Waals surface area (Å²) in [4.78, 5) is 0. The van der Waals surface area contributed by atoms with Crippen molar-refractivity contribution < 1.29 is 9.13 Å². The van der Waals surface area contributed by atoms with E-state index in [-0.39, 0.29) is 5.56 Å². The number of hydrogen-bond donors (Lipinski definition) is 1. The molecule has 0 radical (unpaired) electrons. The van der Waals surface area contributed by atoms with Gasteiger partial charge in [-0.2, -0.15) is 5.26 Å². The van der Waals surface area contributed by atoms with Gasteiger partial charge in [0.15, 0.2) is 0 Å². The number of nitrogens with one attached hydrogen (secondary N) is 1. The second-order valence-electron chi connectivity index (χ2n) is 4.58. The van der Waals surface area contributed by atoms with Gasteiger partial charge in [-0.05, 0) is 31.4 Å². The largest absolute Gasteiger partial charge is 0.381 e. The standard InChI is InChI=1S/C14H17FN2O/c15-14-12(8-16)2-1-3-13(14)10-17-9-11-4-6-18-7-5-11/h1-3,11,17H,4-7,9-10H2. The highest BCUT2D eigenvalue weighted by molar-refractivity contribution is 5.34. The summed E-state index contributed by atoms with van der Waals surface area (Å²) >= 11 is 0. The predicted octanol–water partition coefficient (Wildman–Crippen LogP) is 2.21. The van der Waals surface area contributed by atoms with Gasteiger partial charge in [-0.1, -0.05) is 12.1 Å². The van der Waals surface area contributed by atoms with Gasteiger partial charge in [0, 0.05) is 25.3 Å². The summed E-state index contributed by atoms with van der Waals surface area (Å²) < 4.78 is 19.0. The number of ether oxygens (including phenoxy) is 1. The molecule has 0 atom stereocenters. The fraction of sp³-hybridized carbons (Fsp3) is 0.500. The molecule has 1 fully saturated rings. The van der Waals surface area contributed by atoms with Crippen LogP contribution in [0.1, 0.15) is 24.0 Å². The molecular weight excluding hydrogens is 231 g/mol. The molecule has 18 heavy (non-hydrogen) atoms. The first-order valence-corrected chi connectivity index (χ1v) is 6.27. The van der Waals surface area contributed by atoms with Crippen molar-refractivity contribution in [2.45, 2.75) is 19.4 Å². The highest BCUT2D eigenvalue weighted by Crippen LogP contribution is 2.15. The lowest BCUT2D eigenvalue weighted by molar-refractivity contribution is 0.0662. The monoisotopic (exact) mass is 248 g/mol. The number of nitriles is 1. The second kappa shape index (κ2) is 6.48. The van der Waals surface area contributed by atoms with E-state index < -0.39 is 5.82 Å². The molecule has 0 unspecified atom stereocenters. The molecular formula is C14H17FN2O. The molecule has 1 saturated heterocycles. The van der Waals surface area contributed by atoms with Crippen LogP contribution < -0.4 is 5.32 Å². The van der Waals surface area contributed by atoms with Crippen molar-refractivity contribution >= 4 is 0 Å². The number of benzene rings is 1. The SMILES string of the molecule is N#Cc1cccc(CNCC2CCOCC2)c1F. The minimum Gasteiger partial charge on any atom is -0.381 e. The van der Waals surface area contributed by atoms with Gasteiger partial charge in [0.1, 0.15) is 11.9 Å². The van der Waals surface area contributed by atoms with Gasteiger partial charge >= 0.3 is 0 Å². The van der Waals surface area contributed by atoms with Crippen LogP contribution in [0.5, 0.6) is 0 Å². The molecule has 1 aromatic carbocycles. The van der Waals surface area contributed by atoms with Crippen LogP contribution in [-0.2, 0) is 11.3 Å². The molecule has 0 spiro atoms. The molecule has 96 valence electrons. The van der Waals surface area contributed by atoms with Crippen LogP contribution in [0.25, 0.3) is 0 Å². The molecule has 0 aliphatic carbocycles. The maximum atomic E-state index is 13.8. The van der Waals surface area contributed by atoms with Gasteiger partial charge in [-0.15, -0.1) is 0 Å². The summed E-state index contributed by atoms with van der Waals surface area (Å²) in [5.41, 5.74) is 0.668. The van der Waals surface area contributed by atoms with Gasteiger partial charge in [-0.3, -0.25) is 0 Å². The van der Waals surface area contributed by atoms with Gasteiger partial charge in [0.2, 0.25) is 0 Å². The Bertz CT molecular complexity index is 436. The number of hydrogen-bond acceptors (Lipinski definition) is 3. The van der Waals surface area contributed by atoms with Crippen molar-refractivity contribution in [3.63, 3.8) is 0 Å². The Balaban J connectivity index is 1.84. The molecule has 1 aromatic rings. The van der Waals surface area contributed by atoms with E-state index in [1.165, 1.54) is 6.07 Å². The van der Waals surface area contributed by atoms with Crippen LogP contribution in [0, 0.1) is 23.1 Å². The summed E-state index contributed by atoms with van der Waals surface area (Å²) in [6.07, 6.45) is 2.13. The van der Waals surface area contributed by atoms with Gasteiger partial charge in [0.25, 0.3) is 0 Å². The summed E-state index contributed by atoms with van der Waals surface area (Å²) in [5.74, 6) is 0.209. The van der Waals surface area contributed by atoms with E-state index in [1.807, 2.05) is 6.07 Å². The van der Waals surface area contributed by atoms with Crippen molar-refractivity contribution in [3.8, 4) is 6.07 Å². The maximum absolute atomic E-state index is 13.8. The molecule has 3 nitrogen and oxygen atoms in total. The average Bonchev–Trinajstić information content (AvgIpc) is 2.42. The topological polar surface area (TPSA) is 45.0 Å². The zero-order chi connectivity index (χ0) is 12.8. The summed E-state index contributed by atoms with van der Waals surface area (Å²) in [7, 11) is 0. The fourth-order valence-corrected chi connectivity index (χ4v) is 2.16. The Morgan fingerprint density at radius 3 is 2.89 bits per heavy atom. The van der Waals surface area contributed by atoms with Crippen LogP contribution in [0.4, 0.5) is 4.39 Å². The van der Waals surface area contributed by atoms with E-state index in [0.29, 0.717) is 18.0 Å². The lowest BCUT2D eigenvalue weighted by atomic mass is 10.0. The second-order valence-corrected chi connectivity index (χ2v) is 4.58. The van der Waals surface area contributed by atoms with Crippen molar-refractivity contribution in [2.75, 3.05) is 19.8 Å². The molecule has 0 amide bonds. The van der Waals surface area contributed by atoms with Crippen molar-refractivity contribution in [1.29, 1.82) is 5.26 Å². The van der Waals surface area contributed by atoms with E-state index in [1.54, 1.807) is 12.1 Å². The average molecular weight is 248 g/mol. The molecule has 1 aliphatic rings. The van der Waals surface area contributed by atoms with Crippen molar-refractivity contribution in [1.82, 2.24) is 5.32 Å². The van der Waals surface area contributed by atoms with E-state index in [0.717, 1.165) is 32.6 Å². The van der Waals surface area contributed by atoms with Crippen molar-refractivity contribution in [3.05, 3.63) is 35.1 Å². The fourth-order valence-electron chi connectivity index (χ4n) is 2.16. The highest BCUT2D eigenvalue weighted by Gasteiger charge is 2.13. The molecule has 0 aromatic heterocycles. The summed E-state index contributed by atoms with van der Waals surface area (Å²) in [6.45, 7) is 2.99. The molecule has 2 rings (SSSR count). The van der Waals surface area contributed by atoms with Crippen LogP contribution in [0.2, 0.25) is 0 Å². The van der Waals surface area contributed by atoms with Gasteiger partial charge < -0.3 is 10.1 Å². The smallest absolute Gasteiger partial charge is 0.145 e. The first-order chi connectivity index (χ1) is 8.81. The molecule has 4 heteroatoms. The normalized spacial score (nSPS) is 16.4. The molecule has 1 heterocycles. The quantitative estimate of drug-likeness (QED) is 0.888. The third-order valence-electron chi connectivity index (χ3n) is 3.29.